The minimum absolute atomic E-state index is 0.998. The predicted octanol–water partition coefficient (Wildman–Crippen LogP) is 2.00. The van der Waals surface area contributed by atoms with Crippen molar-refractivity contribution in [3.63, 3.8) is 0 Å². The van der Waals surface area contributed by atoms with Gasteiger partial charge in [0.25, 0.3) is 0 Å². The van der Waals surface area contributed by atoms with Gasteiger partial charge < -0.3 is 5.32 Å². The normalized spacial score (nSPS) is 10.5. The van der Waals surface area contributed by atoms with Gasteiger partial charge in [-0.3, -0.25) is 4.68 Å². The van der Waals surface area contributed by atoms with Gasteiger partial charge in [0.1, 0.15) is 0 Å². The molecule has 3 nitrogen and oxygen atoms in total. The fraction of sp³-hybridized carbons (Fsp3) is 0.583. The Hall–Kier alpha value is -1.09. The van der Waals surface area contributed by atoms with Gasteiger partial charge in [-0.1, -0.05) is 6.08 Å². The summed E-state index contributed by atoms with van der Waals surface area (Å²) in [6.07, 6.45) is 10.6. The van der Waals surface area contributed by atoms with Crippen LogP contribution < -0.4 is 5.32 Å². The molecule has 0 aliphatic rings. The van der Waals surface area contributed by atoms with Crippen LogP contribution in [0.1, 0.15) is 24.8 Å². The van der Waals surface area contributed by atoms with Gasteiger partial charge in [-0.05, 0) is 44.8 Å². The molecule has 0 atom stereocenters. The van der Waals surface area contributed by atoms with Crippen molar-refractivity contribution in [1.82, 2.24) is 15.1 Å². The second-order valence-electron chi connectivity index (χ2n) is 3.75. The Kier molecular flexibility index (Phi) is 5.78. The third-order valence-corrected chi connectivity index (χ3v) is 2.37. The van der Waals surface area contributed by atoms with Crippen LogP contribution in [0.5, 0.6) is 0 Å². The number of rotatable bonds is 8. The molecule has 0 aliphatic carbocycles. The van der Waals surface area contributed by atoms with Gasteiger partial charge in [-0.25, -0.2) is 0 Å². The summed E-state index contributed by atoms with van der Waals surface area (Å²) in [5.74, 6) is 0. The SMILES string of the molecule is C=CCCCn1cc(CCCNC)cn1. The first-order valence-corrected chi connectivity index (χ1v) is 5.63. The largest absolute Gasteiger partial charge is 0.320 e. The minimum atomic E-state index is 0.998. The van der Waals surface area contributed by atoms with Crippen molar-refractivity contribution < 1.29 is 0 Å². The van der Waals surface area contributed by atoms with Gasteiger partial charge in [0.15, 0.2) is 0 Å². The van der Waals surface area contributed by atoms with Crippen molar-refractivity contribution in [2.24, 2.45) is 0 Å². The number of aryl methyl sites for hydroxylation is 2. The van der Waals surface area contributed by atoms with E-state index in [9.17, 15) is 0 Å². The first-order valence-electron chi connectivity index (χ1n) is 5.63. The van der Waals surface area contributed by atoms with Crippen molar-refractivity contribution in [1.29, 1.82) is 0 Å². The highest BCUT2D eigenvalue weighted by molar-refractivity contribution is 5.03. The van der Waals surface area contributed by atoms with Crippen LogP contribution in [0.3, 0.4) is 0 Å². The molecule has 1 heterocycles. The van der Waals surface area contributed by atoms with Gasteiger partial charge in [-0.2, -0.15) is 5.10 Å². The maximum atomic E-state index is 4.33. The standard InChI is InChI=1S/C12H21N3/c1-3-4-5-9-15-11-12(10-14-15)7-6-8-13-2/h3,10-11,13H,1,4-9H2,2H3. The summed E-state index contributed by atoms with van der Waals surface area (Å²) in [5, 5.41) is 7.48. The fourth-order valence-corrected chi connectivity index (χ4v) is 1.52. The molecule has 3 heteroatoms. The Bertz CT molecular complexity index is 278. The maximum Gasteiger partial charge on any atom is 0.0521 e. The minimum Gasteiger partial charge on any atom is -0.320 e. The van der Waals surface area contributed by atoms with Crippen LogP contribution in [-0.4, -0.2) is 23.4 Å². The van der Waals surface area contributed by atoms with Crippen molar-refractivity contribution >= 4 is 0 Å². The number of allylic oxidation sites excluding steroid dienone is 1. The van der Waals surface area contributed by atoms with Crippen LogP contribution in [0.2, 0.25) is 0 Å². The van der Waals surface area contributed by atoms with Gasteiger partial charge in [0.05, 0.1) is 6.20 Å². The maximum absolute atomic E-state index is 4.33. The average Bonchev–Trinajstić information content (AvgIpc) is 2.67. The van der Waals surface area contributed by atoms with E-state index in [4.69, 9.17) is 0 Å². The van der Waals surface area contributed by atoms with Gasteiger partial charge >= 0.3 is 0 Å². The first-order chi connectivity index (χ1) is 7.36. The third-order valence-electron chi connectivity index (χ3n) is 2.37. The molecule has 15 heavy (non-hydrogen) atoms. The second kappa shape index (κ2) is 7.23. The smallest absolute Gasteiger partial charge is 0.0521 e. The zero-order valence-corrected chi connectivity index (χ0v) is 9.58. The molecule has 0 aliphatic heterocycles. The van der Waals surface area contributed by atoms with Crippen molar-refractivity contribution in [2.45, 2.75) is 32.2 Å². The first kappa shape index (κ1) is 12.0. The molecule has 0 fully saturated rings. The van der Waals surface area contributed by atoms with Gasteiger partial charge in [0, 0.05) is 12.7 Å². The monoisotopic (exact) mass is 207 g/mol. The quantitative estimate of drug-likeness (QED) is 0.522. The lowest BCUT2D eigenvalue weighted by molar-refractivity contribution is 0.583. The van der Waals surface area contributed by atoms with Gasteiger partial charge in [0.2, 0.25) is 0 Å². The summed E-state index contributed by atoms with van der Waals surface area (Å²) >= 11 is 0. The van der Waals surface area contributed by atoms with Crippen LogP contribution >= 0.6 is 0 Å². The molecule has 1 aromatic heterocycles. The molecular formula is C12H21N3. The summed E-state index contributed by atoms with van der Waals surface area (Å²) in [6, 6.07) is 0. The molecule has 84 valence electrons. The second-order valence-corrected chi connectivity index (χ2v) is 3.75. The summed E-state index contributed by atoms with van der Waals surface area (Å²) in [5.41, 5.74) is 1.34. The molecule has 0 amide bonds. The highest BCUT2D eigenvalue weighted by atomic mass is 15.3. The zero-order chi connectivity index (χ0) is 10.9. The fourth-order valence-electron chi connectivity index (χ4n) is 1.52. The molecule has 0 unspecified atom stereocenters. The Labute approximate surface area is 92.2 Å². The summed E-state index contributed by atoms with van der Waals surface area (Å²) in [4.78, 5) is 0. The van der Waals surface area contributed by atoms with E-state index in [1.165, 1.54) is 12.0 Å². The van der Waals surface area contributed by atoms with Crippen LogP contribution in [0, 0.1) is 0 Å². The number of nitrogens with one attached hydrogen (secondary N) is 1. The Morgan fingerprint density at radius 2 is 2.40 bits per heavy atom. The lowest BCUT2D eigenvalue weighted by atomic mass is 10.2. The van der Waals surface area contributed by atoms with E-state index in [1.807, 2.05) is 24.0 Å². The third kappa shape index (κ3) is 4.79. The van der Waals surface area contributed by atoms with Crippen LogP contribution in [0.15, 0.2) is 25.0 Å². The number of hydrogen-bond donors (Lipinski definition) is 1. The van der Waals surface area contributed by atoms with E-state index >= 15 is 0 Å². The molecule has 0 aromatic carbocycles. The highest BCUT2D eigenvalue weighted by Crippen LogP contribution is 2.03. The average molecular weight is 207 g/mol. The van der Waals surface area contributed by atoms with Gasteiger partial charge in [-0.15, -0.1) is 6.58 Å². The molecule has 1 aromatic rings. The Morgan fingerprint density at radius 1 is 1.53 bits per heavy atom. The van der Waals surface area contributed by atoms with E-state index in [0.29, 0.717) is 0 Å². The molecule has 0 spiro atoms. The molecule has 0 bridgehead atoms. The number of hydrogen-bond acceptors (Lipinski definition) is 2. The van der Waals surface area contributed by atoms with E-state index < -0.39 is 0 Å². The highest BCUT2D eigenvalue weighted by Gasteiger charge is 1.97. The zero-order valence-electron chi connectivity index (χ0n) is 9.58. The molecule has 0 saturated carbocycles. The van der Waals surface area contributed by atoms with E-state index in [0.717, 1.165) is 32.4 Å². The van der Waals surface area contributed by atoms with Crippen molar-refractivity contribution in [3.05, 3.63) is 30.6 Å². The molecule has 0 radical (unpaired) electrons. The van der Waals surface area contributed by atoms with Crippen LogP contribution in [0.25, 0.3) is 0 Å². The van der Waals surface area contributed by atoms with Crippen LogP contribution in [-0.2, 0) is 13.0 Å². The number of nitrogens with zero attached hydrogens (tertiary/aromatic N) is 2. The number of unbranched alkanes of at least 4 members (excludes halogenated alkanes) is 1. The number of aromatic nitrogens is 2. The molecule has 1 N–H and O–H groups in total. The Balaban J connectivity index is 2.25. The molecule has 0 saturated heterocycles. The summed E-state index contributed by atoms with van der Waals surface area (Å²) < 4.78 is 2.03. The topological polar surface area (TPSA) is 29.9 Å². The summed E-state index contributed by atoms with van der Waals surface area (Å²) in [7, 11) is 1.98. The van der Waals surface area contributed by atoms with E-state index in [-0.39, 0.29) is 0 Å². The molecule has 1 rings (SSSR count). The lowest BCUT2D eigenvalue weighted by Crippen LogP contribution is -2.08. The van der Waals surface area contributed by atoms with Crippen LogP contribution in [0.4, 0.5) is 0 Å². The van der Waals surface area contributed by atoms with Crippen molar-refractivity contribution in [2.75, 3.05) is 13.6 Å². The molecular weight excluding hydrogens is 186 g/mol. The summed E-state index contributed by atoms with van der Waals surface area (Å²) in [6.45, 7) is 5.78. The van der Waals surface area contributed by atoms with Crippen molar-refractivity contribution in [3.8, 4) is 0 Å². The van der Waals surface area contributed by atoms with E-state index in [2.05, 4.69) is 23.2 Å². The Morgan fingerprint density at radius 3 is 3.13 bits per heavy atom. The lowest BCUT2D eigenvalue weighted by Gasteiger charge is -1.98. The van der Waals surface area contributed by atoms with E-state index in [1.54, 1.807) is 0 Å². The predicted molar refractivity (Wildman–Crippen MR) is 63.9 cm³/mol.